The molecule has 0 saturated heterocycles. The van der Waals surface area contributed by atoms with E-state index in [9.17, 15) is 13.2 Å². The molecule has 2 aliphatic rings. The van der Waals surface area contributed by atoms with Gasteiger partial charge in [-0.15, -0.1) is 0 Å². The monoisotopic (exact) mass is 458 g/mol. The molecule has 0 radical (unpaired) electrons. The minimum atomic E-state index is -3.72. The number of carbonyl (C=O) groups is 1. The Morgan fingerprint density at radius 1 is 1.06 bits per heavy atom. The van der Waals surface area contributed by atoms with Gasteiger partial charge in [-0.25, -0.2) is 4.79 Å². The van der Waals surface area contributed by atoms with Gasteiger partial charge in [-0.3, -0.25) is 4.18 Å². The van der Waals surface area contributed by atoms with E-state index in [1.165, 1.54) is 7.11 Å². The van der Waals surface area contributed by atoms with Crippen LogP contribution in [-0.4, -0.2) is 34.7 Å². The smallest absolute Gasteiger partial charge is 0.315 e. The van der Waals surface area contributed by atoms with Gasteiger partial charge in [0.2, 0.25) is 0 Å². The fourth-order valence-corrected chi connectivity index (χ4v) is 6.02. The quantitative estimate of drug-likeness (QED) is 0.615. The standard InChI is InChI=1S/C24H30N2O5S/c1-16-4-9-22(32(28,29)31-3)21(10-16)18-11-24(12-18)13-19(14-24)26-23(27)25-15-17-5-7-20(30-2)8-6-17/h4-10,18-19H,11-15H2,1-3H3,(H2,25,26,27). The zero-order valence-electron chi connectivity index (χ0n) is 18.7. The van der Waals surface area contributed by atoms with Gasteiger partial charge >= 0.3 is 6.03 Å². The molecule has 0 heterocycles. The van der Waals surface area contributed by atoms with E-state index in [2.05, 4.69) is 10.6 Å². The molecule has 0 atom stereocenters. The van der Waals surface area contributed by atoms with Gasteiger partial charge in [0, 0.05) is 12.6 Å². The zero-order valence-corrected chi connectivity index (χ0v) is 19.5. The maximum Gasteiger partial charge on any atom is 0.315 e. The number of urea groups is 1. The van der Waals surface area contributed by atoms with E-state index in [-0.39, 0.29) is 28.3 Å². The number of methoxy groups -OCH3 is 1. The Kier molecular flexibility index (Phi) is 6.18. The van der Waals surface area contributed by atoms with Gasteiger partial charge in [-0.1, -0.05) is 29.8 Å². The van der Waals surface area contributed by atoms with Crippen molar-refractivity contribution < 1.29 is 22.1 Å². The molecule has 2 aromatic rings. The van der Waals surface area contributed by atoms with Crippen LogP contribution < -0.4 is 15.4 Å². The molecule has 1 spiro atoms. The Balaban J connectivity index is 1.26. The molecule has 4 rings (SSSR count). The molecular weight excluding hydrogens is 428 g/mol. The van der Waals surface area contributed by atoms with Crippen molar-refractivity contribution in [3.63, 3.8) is 0 Å². The Labute approximate surface area is 189 Å². The van der Waals surface area contributed by atoms with E-state index >= 15 is 0 Å². The fraction of sp³-hybridized carbons (Fsp3) is 0.458. The summed E-state index contributed by atoms with van der Waals surface area (Å²) in [5, 5.41) is 5.95. The van der Waals surface area contributed by atoms with E-state index in [1.807, 2.05) is 37.3 Å². The van der Waals surface area contributed by atoms with Crippen molar-refractivity contribution >= 4 is 16.1 Å². The lowest BCUT2D eigenvalue weighted by atomic mass is 9.49. The van der Waals surface area contributed by atoms with Crippen molar-refractivity contribution in [2.45, 2.75) is 56.0 Å². The molecule has 7 nitrogen and oxygen atoms in total. The third-order valence-electron chi connectivity index (χ3n) is 6.76. The normalized spacial score (nSPS) is 24.3. The molecule has 0 unspecified atom stereocenters. The summed E-state index contributed by atoms with van der Waals surface area (Å²) in [6.07, 6.45) is 3.73. The SMILES string of the molecule is COc1ccc(CNC(=O)NC2CC3(C2)CC(c2cc(C)ccc2S(=O)(=O)OC)C3)cc1. The molecular formula is C24H30N2O5S. The van der Waals surface area contributed by atoms with Crippen molar-refractivity contribution in [1.29, 1.82) is 0 Å². The van der Waals surface area contributed by atoms with Crippen LogP contribution in [-0.2, 0) is 20.8 Å². The molecule has 2 N–H and O–H groups in total. The lowest BCUT2D eigenvalue weighted by molar-refractivity contribution is -0.0176. The molecule has 2 saturated carbocycles. The summed E-state index contributed by atoms with van der Waals surface area (Å²) in [5.74, 6) is 0.994. The first kappa shape index (κ1) is 22.6. The van der Waals surface area contributed by atoms with Crippen LogP contribution in [0.2, 0.25) is 0 Å². The summed E-state index contributed by atoms with van der Waals surface area (Å²) in [4.78, 5) is 12.5. The van der Waals surface area contributed by atoms with Crippen LogP contribution in [0, 0.1) is 12.3 Å². The molecule has 0 bridgehead atoms. The maximum atomic E-state index is 12.3. The van der Waals surface area contributed by atoms with Crippen LogP contribution in [0.25, 0.3) is 0 Å². The molecule has 2 fully saturated rings. The maximum absolute atomic E-state index is 12.3. The number of ether oxygens (including phenoxy) is 1. The highest BCUT2D eigenvalue weighted by molar-refractivity contribution is 7.86. The lowest BCUT2D eigenvalue weighted by Crippen LogP contribution is -2.57. The molecule has 2 aliphatic carbocycles. The number of hydrogen-bond acceptors (Lipinski definition) is 5. The molecule has 2 aromatic carbocycles. The van der Waals surface area contributed by atoms with Gasteiger partial charge in [0.25, 0.3) is 10.1 Å². The second-order valence-corrected chi connectivity index (χ2v) is 10.7. The zero-order chi connectivity index (χ0) is 22.9. The predicted molar refractivity (Wildman–Crippen MR) is 121 cm³/mol. The topological polar surface area (TPSA) is 93.7 Å². The number of hydrogen-bond donors (Lipinski definition) is 2. The average molecular weight is 459 g/mol. The first-order valence-electron chi connectivity index (χ1n) is 10.8. The third kappa shape index (κ3) is 4.61. The fourth-order valence-electron chi connectivity index (χ4n) is 5.09. The summed E-state index contributed by atoms with van der Waals surface area (Å²) in [5.41, 5.74) is 3.10. The Bertz CT molecular complexity index is 1080. The van der Waals surface area contributed by atoms with E-state index in [0.29, 0.717) is 6.54 Å². The van der Waals surface area contributed by atoms with Crippen molar-refractivity contribution in [1.82, 2.24) is 10.6 Å². The highest BCUT2D eigenvalue weighted by Gasteiger charge is 2.54. The molecule has 8 heteroatoms. The van der Waals surface area contributed by atoms with Crippen LogP contribution in [0.3, 0.4) is 0 Å². The van der Waals surface area contributed by atoms with Crippen LogP contribution in [0.4, 0.5) is 4.79 Å². The minimum Gasteiger partial charge on any atom is -0.497 e. The summed E-state index contributed by atoms with van der Waals surface area (Å²) >= 11 is 0. The summed E-state index contributed by atoms with van der Waals surface area (Å²) in [6, 6.07) is 13.0. The number of rotatable bonds is 7. The van der Waals surface area contributed by atoms with Gasteiger partial charge < -0.3 is 15.4 Å². The molecule has 0 aromatic heterocycles. The number of carbonyl (C=O) groups excluding carboxylic acids is 1. The van der Waals surface area contributed by atoms with Crippen LogP contribution in [0.1, 0.15) is 48.3 Å². The molecule has 172 valence electrons. The van der Waals surface area contributed by atoms with Crippen LogP contribution in [0.15, 0.2) is 47.4 Å². The summed E-state index contributed by atoms with van der Waals surface area (Å²) in [6.45, 7) is 2.43. The highest BCUT2D eigenvalue weighted by atomic mass is 32.2. The van der Waals surface area contributed by atoms with Crippen molar-refractivity contribution in [3.8, 4) is 5.75 Å². The summed E-state index contributed by atoms with van der Waals surface area (Å²) < 4.78 is 34.5. The van der Waals surface area contributed by atoms with Crippen LogP contribution >= 0.6 is 0 Å². The van der Waals surface area contributed by atoms with Gasteiger partial charge in [-0.2, -0.15) is 8.42 Å². The third-order valence-corrected chi connectivity index (χ3v) is 8.11. The number of benzene rings is 2. The minimum absolute atomic E-state index is 0.159. The number of nitrogens with one attached hydrogen (secondary N) is 2. The second kappa shape index (κ2) is 8.75. The Morgan fingerprint density at radius 3 is 2.38 bits per heavy atom. The van der Waals surface area contributed by atoms with Gasteiger partial charge in [0.05, 0.1) is 19.1 Å². The van der Waals surface area contributed by atoms with E-state index in [4.69, 9.17) is 8.92 Å². The Hall–Kier alpha value is -2.58. The van der Waals surface area contributed by atoms with Gasteiger partial charge in [0.15, 0.2) is 0 Å². The molecule has 32 heavy (non-hydrogen) atoms. The van der Waals surface area contributed by atoms with E-state index < -0.39 is 10.1 Å². The Morgan fingerprint density at radius 2 is 1.75 bits per heavy atom. The number of aryl methyl sites for hydroxylation is 1. The van der Waals surface area contributed by atoms with Gasteiger partial charge in [0.1, 0.15) is 5.75 Å². The molecule has 2 amide bonds. The first-order valence-corrected chi connectivity index (χ1v) is 12.2. The van der Waals surface area contributed by atoms with Gasteiger partial charge in [-0.05, 0) is 73.3 Å². The highest BCUT2D eigenvalue weighted by Crippen LogP contribution is 2.62. The first-order chi connectivity index (χ1) is 15.2. The lowest BCUT2D eigenvalue weighted by Gasteiger charge is -2.58. The van der Waals surface area contributed by atoms with Crippen molar-refractivity contribution in [2.24, 2.45) is 5.41 Å². The van der Waals surface area contributed by atoms with Crippen LogP contribution in [0.5, 0.6) is 5.75 Å². The largest absolute Gasteiger partial charge is 0.497 e. The van der Waals surface area contributed by atoms with Crippen molar-refractivity contribution in [2.75, 3.05) is 14.2 Å². The predicted octanol–water partition coefficient (Wildman–Crippen LogP) is 3.86. The average Bonchev–Trinajstić information content (AvgIpc) is 2.73. The van der Waals surface area contributed by atoms with Crippen molar-refractivity contribution in [3.05, 3.63) is 59.2 Å². The number of amides is 2. The summed E-state index contributed by atoms with van der Waals surface area (Å²) in [7, 11) is -0.905. The van der Waals surface area contributed by atoms with E-state index in [1.54, 1.807) is 19.2 Å². The molecule has 0 aliphatic heterocycles. The second-order valence-electron chi connectivity index (χ2n) is 9.05. The van der Waals surface area contributed by atoms with E-state index in [0.717, 1.165) is 48.1 Å².